The fourth-order valence-corrected chi connectivity index (χ4v) is 2.07. The summed E-state index contributed by atoms with van der Waals surface area (Å²) in [4.78, 5) is 11.9. The lowest BCUT2D eigenvalue weighted by Crippen LogP contribution is -2.50. The number of carbonyl (C=O) groups is 1. The molecule has 0 saturated heterocycles. The van der Waals surface area contributed by atoms with E-state index in [0.717, 1.165) is 37.9 Å². The number of nitrogens with one attached hydrogen (secondary N) is 1. The third-order valence-corrected chi connectivity index (χ3v) is 3.23. The molecule has 1 aromatic rings. The van der Waals surface area contributed by atoms with Crippen LogP contribution in [0.5, 0.6) is 0 Å². The molecule has 1 atom stereocenters. The van der Waals surface area contributed by atoms with Crippen molar-refractivity contribution in [3.8, 4) is 0 Å². The first-order valence-corrected chi connectivity index (χ1v) is 6.84. The number of carbonyl (C=O) groups excluding carboxylic acids is 1. The number of hydrogen-bond acceptors (Lipinski definition) is 4. The highest BCUT2D eigenvalue weighted by Crippen LogP contribution is 2.15. The van der Waals surface area contributed by atoms with Crippen LogP contribution in [0.4, 0.5) is 0 Å². The number of methoxy groups -OCH3 is 1. The smallest absolute Gasteiger partial charge is 0.325 e. The molecule has 1 heterocycles. The summed E-state index contributed by atoms with van der Waals surface area (Å²) in [6, 6.07) is 0. The lowest BCUT2D eigenvalue weighted by molar-refractivity contribution is -0.148. The molecule has 0 saturated carbocycles. The molecular formula is C14H25N3O2. The Hall–Kier alpha value is -1.36. The van der Waals surface area contributed by atoms with E-state index in [1.165, 1.54) is 7.11 Å². The Morgan fingerprint density at radius 3 is 2.84 bits per heavy atom. The SMILES string of the molecule is CCCNC(C)(CCCn1cc(C)cn1)C(=O)OC. The van der Waals surface area contributed by atoms with Crippen LogP contribution in [-0.4, -0.2) is 34.9 Å². The molecule has 1 aromatic heterocycles. The molecule has 0 radical (unpaired) electrons. The largest absolute Gasteiger partial charge is 0.468 e. The van der Waals surface area contributed by atoms with Gasteiger partial charge in [0.05, 0.1) is 13.3 Å². The monoisotopic (exact) mass is 267 g/mol. The minimum atomic E-state index is -0.604. The topological polar surface area (TPSA) is 56.2 Å². The Kier molecular flexibility index (Phi) is 6.02. The second-order valence-corrected chi connectivity index (χ2v) is 5.13. The molecule has 1 N–H and O–H groups in total. The Balaban J connectivity index is 2.50. The molecule has 5 nitrogen and oxygen atoms in total. The van der Waals surface area contributed by atoms with E-state index in [0.29, 0.717) is 0 Å². The second-order valence-electron chi connectivity index (χ2n) is 5.13. The van der Waals surface area contributed by atoms with E-state index in [4.69, 9.17) is 4.74 Å². The number of hydrogen-bond donors (Lipinski definition) is 1. The van der Waals surface area contributed by atoms with E-state index in [1.54, 1.807) is 0 Å². The fourth-order valence-electron chi connectivity index (χ4n) is 2.07. The van der Waals surface area contributed by atoms with E-state index in [-0.39, 0.29) is 5.97 Å². The van der Waals surface area contributed by atoms with E-state index in [2.05, 4.69) is 17.3 Å². The summed E-state index contributed by atoms with van der Waals surface area (Å²) in [6.45, 7) is 7.63. The van der Waals surface area contributed by atoms with E-state index in [1.807, 2.05) is 30.9 Å². The third kappa shape index (κ3) is 4.67. The zero-order valence-corrected chi connectivity index (χ0v) is 12.4. The van der Waals surface area contributed by atoms with Crippen LogP contribution in [0.3, 0.4) is 0 Å². The van der Waals surface area contributed by atoms with Crippen molar-refractivity contribution in [2.75, 3.05) is 13.7 Å². The maximum Gasteiger partial charge on any atom is 0.325 e. The number of rotatable bonds is 8. The summed E-state index contributed by atoms with van der Waals surface area (Å²) in [5.74, 6) is -0.197. The van der Waals surface area contributed by atoms with Crippen molar-refractivity contribution < 1.29 is 9.53 Å². The van der Waals surface area contributed by atoms with Gasteiger partial charge in [-0.2, -0.15) is 5.10 Å². The van der Waals surface area contributed by atoms with Crippen LogP contribution in [0.1, 0.15) is 38.7 Å². The van der Waals surface area contributed by atoms with Crippen molar-refractivity contribution in [2.24, 2.45) is 0 Å². The third-order valence-electron chi connectivity index (χ3n) is 3.23. The van der Waals surface area contributed by atoms with Crippen molar-refractivity contribution in [2.45, 2.75) is 52.1 Å². The summed E-state index contributed by atoms with van der Waals surface area (Å²) in [6.07, 6.45) is 6.46. The molecular weight excluding hydrogens is 242 g/mol. The van der Waals surface area contributed by atoms with Crippen LogP contribution in [-0.2, 0) is 16.1 Å². The minimum absolute atomic E-state index is 0.197. The first-order chi connectivity index (χ1) is 9.01. The highest BCUT2D eigenvalue weighted by Gasteiger charge is 2.32. The van der Waals surface area contributed by atoms with Gasteiger partial charge in [0.1, 0.15) is 5.54 Å². The predicted octanol–water partition coefficient (Wildman–Crippen LogP) is 1.90. The van der Waals surface area contributed by atoms with E-state index in [9.17, 15) is 4.79 Å². The number of aryl methyl sites for hydroxylation is 2. The zero-order chi connectivity index (χ0) is 14.3. The lowest BCUT2D eigenvalue weighted by Gasteiger charge is -2.28. The fraction of sp³-hybridized carbons (Fsp3) is 0.714. The minimum Gasteiger partial charge on any atom is -0.468 e. The van der Waals surface area contributed by atoms with Crippen LogP contribution in [0.2, 0.25) is 0 Å². The van der Waals surface area contributed by atoms with Crippen LogP contribution >= 0.6 is 0 Å². The van der Waals surface area contributed by atoms with Gasteiger partial charge in [-0.3, -0.25) is 9.48 Å². The standard InChI is InChI=1S/C14H25N3O2/c1-5-8-15-14(3,13(18)19-4)7-6-9-17-11-12(2)10-16-17/h10-11,15H,5-9H2,1-4H3. The highest BCUT2D eigenvalue weighted by molar-refractivity contribution is 5.80. The normalized spacial score (nSPS) is 14.1. The van der Waals surface area contributed by atoms with Gasteiger partial charge < -0.3 is 10.1 Å². The van der Waals surface area contributed by atoms with Crippen molar-refractivity contribution >= 4 is 5.97 Å². The first kappa shape index (κ1) is 15.7. The van der Waals surface area contributed by atoms with Crippen LogP contribution in [0.15, 0.2) is 12.4 Å². The maximum absolute atomic E-state index is 11.9. The zero-order valence-electron chi connectivity index (χ0n) is 12.4. The van der Waals surface area contributed by atoms with Crippen molar-refractivity contribution in [1.29, 1.82) is 0 Å². The van der Waals surface area contributed by atoms with E-state index >= 15 is 0 Å². The molecule has 0 bridgehead atoms. The lowest BCUT2D eigenvalue weighted by atomic mass is 9.95. The summed E-state index contributed by atoms with van der Waals surface area (Å²) in [5, 5.41) is 7.53. The number of esters is 1. The summed E-state index contributed by atoms with van der Waals surface area (Å²) >= 11 is 0. The van der Waals surface area contributed by atoms with Gasteiger partial charge >= 0.3 is 5.97 Å². The molecule has 108 valence electrons. The van der Waals surface area contributed by atoms with Crippen molar-refractivity contribution in [3.63, 3.8) is 0 Å². The van der Waals surface area contributed by atoms with E-state index < -0.39 is 5.54 Å². The molecule has 0 amide bonds. The molecule has 19 heavy (non-hydrogen) atoms. The Morgan fingerprint density at radius 2 is 2.32 bits per heavy atom. The van der Waals surface area contributed by atoms with Gasteiger partial charge in [0.25, 0.3) is 0 Å². The van der Waals surface area contributed by atoms with Gasteiger partial charge in [0.2, 0.25) is 0 Å². The summed E-state index contributed by atoms with van der Waals surface area (Å²) in [7, 11) is 1.44. The van der Waals surface area contributed by atoms with Crippen LogP contribution in [0, 0.1) is 6.92 Å². The highest BCUT2D eigenvalue weighted by atomic mass is 16.5. The molecule has 0 spiro atoms. The van der Waals surface area contributed by atoms with Gasteiger partial charge in [0.15, 0.2) is 0 Å². The molecule has 0 aromatic carbocycles. The van der Waals surface area contributed by atoms with Gasteiger partial charge in [-0.05, 0) is 45.2 Å². The van der Waals surface area contributed by atoms with Crippen LogP contribution in [0.25, 0.3) is 0 Å². The molecule has 0 aliphatic heterocycles. The summed E-state index contributed by atoms with van der Waals surface area (Å²) in [5.41, 5.74) is 0.548. The van der Waals surface area contributed by atoms with Crippen molar-refractivity contribution in [1.82, 2.24) is 15.1 Å². The number of ether oxygens (including phenoxy) is 1. The van der Waals surface area contributed by atoms with Crippen LogP contribution < -0.4 is 5.32 Å². The molecule has 1 rings (SSSR count). The van der Waals surface area contributed by atoms with Gasteiger partial charge in [-0.1, -0.05) is 6.92 Å². The maximum atomic E-state index is 11.9. The molecule has 0 aliphatic rings. The Bertz CT molecular complexity index is 403. The predicted molar refractivity (Wildman–Crippen MR) is 74.9 cm³/mol. The molecule has 0 aliphatic carbocycles. The van der Waals surface area contributed by atoms with Crippen molar-refractivity contribution in [3.05, 3.63) is 18.0 Å². The Morgan fingerprint density at radius 1 is 1.58 bits per heavy atom. The first-order valence-electron chi connectivity index (χ1n) is 6.84. The summed E-state index contributed by atoms with van der Waals surface area (Å²) < 4.78 is 6.81. The number of aromatic nitrogens is 2. The van der Waals surface area contributed by atoms with Gasteiger partial charge in [-0.25, -0.2) is 0 Å². The number of nitrogens with zero attached hydrogens (tertiary/aromatic N) is 2. The average molecular weight is 267 g/mol. The molecule has 0 fully saturated rings. The average Bonchev–Trinajstić information content (AvgIpc) is 2.81. The Labute approximate surface area is 115 Å². The molecule has 1 unspecified atom stereocenters. The van der Waals surface area contributed by atoms with Gasteiger partial charge in [0, 0.05) is 12.7 Å². The second kappa shape index (κ2) is 7.28. The van der Waals surface area contributed by atoms with Gasteiger partial charge in [-0.15, -0.1) is 0 Å². The quantitative estimate of drug-likeness (QED) is 0.731. The molecule has 5 heteroatoms.